The Morgan fingerprint density at radius 3 is 2.75 bits per heavy atom. The van der Waals surface area contributed by atoms with Crippen molar-refractivity contribution >= 4 is 41.5 Å². The number of nitrogens with two attached hydrogens (primary N) is 1. The van der Waals surface area contributed by atoms with E-state index in [-0.39, 0.29) is 42.4 Å². The molecule has 0 saturated heterocycles. The number of anilines is 1. The number of amides is 1. The predicted octanol–water partition coefficient (Wildman–Crippen LogP) is 1.61. The average Bonchev–Trinajstić information content (AvgIpc) is 2.83. The Kier molecular flexibility index (Phi) is 6.25. The maximum Gasteiger partial charge on any atom is 0.243 e. The largest absolute Gasteiger partial charge is 0.370 e. The molecule has 0 aromatic heterocycles. The zero-order valence-electron chi connectivity index (χ0n) is 11.8. The van der Waals surface area contributed by atoms with Gasteiger partial charge in [-0.25, -0.2) is 4.99 Å². The van der Waals surface area contributed by atoms with Gasteiger partial charge in [-0.05, 0) is 42.5 Å². The highest BCUT2D eigenvalue weighted by Gasteiger charge is 2.11. The third kappa shape index (κ3) is 4.36. The maximum atomic E-state index is 11.4. The van der Waals surface area contributed by atoms with E-state index in [9.17, 15) is 4.79 Å². The zero-order chi connectivity index (χ0) is 13.8. The van der Waals surface area contributed by atoms with Crippen molar-refractivity contribution in [1.82, 2.24) is 4.90 Å². The van der Waals surface area contributed by atoms with Gasteiger partial charge >= 0.3 is 0 Å². The van der Waals surface area contributed by atoms with Crippen LogP contribution in [-0.4, -0.2) is 37.4 Å². The zero-order valence-corrected chi connectivity index (χ0v) is 14.2. The number of guanidine groups is 1. The summed E-state index contributed by atoms with van der Waals surface area (Å²) in [5.74, 6) is 0.201. The second-order valence-electron chi connectivity index (χ2n) is 4.95. The molecule has 0 heterocycles. The highest BCUT2D eigenvalue weighted by atomic mass is 127. The summed E-state index contributed by atoms with van der Waals surface area (Å²) >= 11 is 0. The van der Waals surface area contributed by atoms with Crippen LogP contribution in [-0.2, 0) is 17.6 Å². The second kappa shape index (κ2) is 7.47. The molecule has 2 rings (SSSR count). The quantitative estimate of drug-likeness (QED) is 0.470. The summed E-state index contributed by atoms with van der Waals surface area (Å²) in [5, 5.41) is 3.02. The number of aliphatic imine (C=N–C) groups is 1. The molecule has 0 fully saturated rings. The monoisotopic (exact) mass is 388 g/mol. The first-order valence-corrected chi connectivity index (χ1v) is 6.45. The molecule has 1 aliphatic carbocycles. The molecule has 1 aromatic carbocycles. The molecule has 0 unspecified atom stereocenters. The Labute approximate surface area is 136 Å². The van der Waals surface area contributed by atoms with Crippen LogP contribution in [0.4, 0.5) is 5.69 Å². The van der Waals surface area contributed by atoms with Gasteiger partial charge in [-0.3, -0.25) is 4.79 Å². The van der Waals surface area contributed by atoms with Crippen molar-refractivity contribution in [3.63, 3.8) is 0 Å². The molecule has 0 saturated carbocycles. The number of halogens is 1. The van der Waals surface area contributed by atoms with Gasteiger partial charge in [0.05, 0.1) is 0 Å². The molecule has 0 bridgehead atoms. The minimum Gasteiger partial charge on any atom is -0.370 e. The van der Waals surface area contributed by atoms with Crippen LogP contribution >= 0.6 is 24.0 Å². The van der Waals surface area contributed by atoms with Crippen molar-refractivity contribution in [1.29, 1.82) is 0 Å². The molecule has 1 aromatic rings. The summed E-state index contributed by atoms with van der Waals surface area (Å²) in [5.41, 5.74) is 9.49. The van der Waals surface area contributed by atoms with Gasteiger partial charge in [-0.15, -0.1) is 24.0 Å². The number of nitrogens with one attached hydrogen (secondary N) is 1. The lowest BCUT2D eigenvalue weighted by Crippen LogP contribution is -2.28. The summed E-state index contributed by atoms with van der Waals surface area (Å²) in [6.07, 6.45) is 3.51. The second-order valence-corrected chi connectivity index (χ2v) is 4.95. The van der Waals surface area contributed by atoms with Gasteiger partial charge in [0.25, 0.3) is 0 Å². The van der Waals surface area contributed by atoms with E-state index in [4.69, 9.17) is 5.73 Å². The Bertz CT molecular complexity index is 514. The molecule has 0 atom stereocenters. The van der Waals surface area contributed by atoms with Crippen LogP contribution in [0.5, 0.6) is 0 Å². The van der Waals surface area contributed by atoms with E-state index in [1.807, 2.05) is 6.07 Å². The fourth-order valence-electron chi connectivity index (χ4n) is 2.13. The van der Waals surface area contributed by atoms with Crippen LogP contribution in [0.3, 0.4) is 0 Å². The lowest BCUT2D eigenvalue weighted by atomic mass is 10.1. The predicted molar refractivity (Wildman–Crippen MR) is 92.7 cm³/mol. The summed E-state index contributed by atoms with van der Waals surface area (Å²) in [6.45, 7) is 0.0662. The molecule has 0 spiro atoms. The molecule has 20 heavy (non-hydrogen) atoms. The lowest BCUT2D eigenvalue weighted by molar-refractivity contribution is -0.127. The topological polar surface area (TPSA) is 70.7 Å². The highest BCUT2D eigenvalue weighted by Crippen LogP contribution is 2.24. The van der Waals surface area contributed by atoms with Crippen LogP contribution in [0.1, 0.15) is 17.5 Å². The highest BCUT2D eigenvalue weighted by molar-refractivity contribution is 14.0. The van der Waals surface area contributed by atoms with E-state index < -0.39 is 0 Å². The van der Waals surface area contributed by atoms with Gasteiger partial charge in [0, 0.05) is 19.8 Å². The van der Waals surface area contributed by atoms with Gasteiger partial charge in [0.15, 0.2) is 5.96 Å². The van der Waals surface area contributed by atoms with Crippen LogP contribution in [0, 0.1) is 0 Å². The number of hydrogen-bond donors (Lipinski definition) is 2. The maximum absolute atomic E-state index is 11.4. The van der Waals surface area contributed by atoms with Crippen molar-refractivity contribution in [2.75, 3.05) is 26.0 Å². The smallest absolute Gasteiger partial charge is 0.243 e. The first kappa shape index (κ1) is 16.7. The van der Waals surface area contributed by atoms with Crippen LogP contribution in [0.15, 0.2) is 23.2 Å². The molecule has 6 heteroatoms. The lowest BCUT2D eigenvalue weighted by Gasteiger charge is -2.10. The van der Waals surface area contributed by atoms with Crippen molar-refractivity contribution in [2.24, 2.45) is 10.7 Å². The van der Waals surface area contributed by atoms with Gasteiger partial charge in [0.2, 0.25) is 5.91 Å². The van der Waals surface area contributed by atoms with Crippen LogP contribution < -0.4 is 11.1 Å². The van der Waals surface area contributed by atoms with Gasteiger partial charge < -0.3 is 16.0 Å². The Morgan fingerprint density at radius 2 is 2.05 bits per heavy atom. The molecular weight excluding hydrogens is 367 g/mol. The fourth-order valence-corrected chi connectivity index (χ4v) is 2.13. The number of hydrogen-bond acceptors (Lipinski definition) is 2. The van der Waals surface area contributed by atoms with E-state index in [2.05, 4.69) is 22.4 Å². The summed E-state index contributed by atoms with van der Waals surface area (Å²) in [4.78, 5) is 16.9. The van der Waals surface area contributed by atoms with E-state index in [0.29, 0.717) is 0 Å². The first-order valence-electron chi connectivity index (χ1n) is 6.45. The van der Waals surface area contributed by atoms with E-state index in [1.165, 1.54) is 22.4 Å². The molecule has 1 amide bonds. The molecule has 0 radical (unpaired) electrons. The number of carbonyl (C=O) groups is 1. The minimum absolute atomic E-state index is 0. The van der Waals surface area contributed by atoms with E-state index in [1.54, 1.807) is 14.1 Å². The van der Waals surface area contributed by atoms with Crippen LogP contribution in [0.2, 0.25) is 0 Å². The van der Waals surface area contributed by atoms with E-state index >= 15 is 0 Å². The van der Waals surface area contributed by atoms with Gasteiger partial charge in [0.1, 0.15) is 6.54 Å². The summed E-state index contributed by atoms with van der Waals surface area (Å²) in [6, 6.07) is 6.24. The van der Waals surface area contributed by atoms with Crippen LogP contribution in [0.25, 0.3) is 0 Å². The third-order valence-electron chi connectivity index (χ3n) is 3.25. The van der Waals surface area contributed by atoms with Crippen molar-refractivity contribution in [3.05, 3.63) is 29.3 Å². The number of likely N-dealkylation sites (N-methyl/N-ethyl adjacent to an activating group) is 1. The molecule has 1 aliphatic rings. The molecule has 110 valence electrons. The SMILES string of the molecule is CN(C)C(=O)CN=C(N)Nc1ccc2c(c1)CCC2.I. The van der Waals surface area contributed by atoms with Gasteiger partial charge in [-0.2, -0.15) is 0 Å². The first-order chi connectivity index (χ1) is 9.06. The Balaban J connectivity index is 0.00000200. The molecular formula is C14H21IN4O. The number of nitrogens with zero attached hydrogens (tertiary/aromatic N) is 2. The number of aryl methyl sites for hydroxylation is 2. The summed E-state index contributed by atoms with van der Waals surface area (Å²) < 4.78 is 0. The minimum atomic E-state index is -0.0706. The molecule has 3 N–H and O–H groups in total. The third-order valence-corrected chi connectivity index (χ3v) is 3.25. The Hall–Kier alpha value is -1.31. The standard InChI is InChI=1S/C14H20N4O.HI/c1-18(2)13(19)9-16-14(15)17-12-7-6-10-4-3-5-11(10)8-12;/h6-8H,3-5,9H2,1-2H3,(H3,15,16,17);1H. The number of benzene rings is 1. The Morgan fingerprint density at radius 1 is 1.35 bits per heavy atom. The van der Waals surface area contributed by atoms with Gasteiger partial charge in [-0.1, -0.05) is 6.07 Å². The number of carbonyl (C=O) groups excluding carboxylic acids is 1. The summed E-state index contributed by atoms with van der Waals surface area (Å²) in [7, 11) is 3.39. The molecule has 0 aliphatic heterocycles. The average molecular weight is 388 g/mol. The van der Waals surface area contributed by atoms with E-state index in [0.717, 1.165) is 18.5 Å². The number of fused-ring (bicyclic) bond motifs is 1. The van der Waals surface area contributed by atoms with Crippen molar-refractivity contribution in [2.45, 2.75) is 19.3 Å². The van der Waals surface area contributed by atoms with Crippen molar-refractivity contribution in [3.8, 4) is 0 Å². The molecule has 5 nitrogen and oxygen atoms in total. The normalized spacial score (nSPS) is 13.4. The van der Waals surface area contributed by atoms with Crippen molar-refractivity contribution < 1.29 is 4.79 Å². The number of rotatable bonds is 3. The fraction of sp³-hybridized carbons (Fsp3) is 0.429.